The van der Waals surface area contributed by atoms with Crippen molar-refractivity contribution in [2.75, 3.05) is 25.3 Å². The van der Waals surface area contributed by atoms with E-state index in [0.717, 1.165) is 30.6 Å². The van der Waals surface area contributed by atoms with Gasteiger partial charge in [0.25, 0.3) is 5.91 Å². The van der Waals surface area contributed by atoms with E-state index in [0.29, 0.717) is 6.04 Å². The Kier molecular flexibility index (Phi) is 3.45. The zero-order chi connectivity index (χ0) is 18.1. The zero-order valence-electron chi connectivity index (χ0n) is 16.0. The van der Waals surface area contributed by atoms with E-state index in [-0.39, 0.29) is 11.3 Å². The first-order chi connectivity index (χ1) is 12.5. The summed E-state index contributed by atoms with van der Waals surface area (Å²) in [6.45, 7) is 6.85. The molecule has 1 aromatic carbocycles. The lowest BCUT2D eigenvalue weighted by molar-refractivity contribution is -0.131. The van der Waals surface area contributed by atoms with E-state index >= 15 is 0 Å². The summed E-state index contributed by atoms with van der Waals surface area (Å²) in [6, 6.07) is 8.88. The molecule has 1 amide bonds. The number of carbonyl (C=O) groups is 1. The maximum absolute atomic E-state index is 13.7. The molecule has 1 fully saturated rings. The normalized spacial score (nSPS) is 32.8. The number of hydrogen-bond donors (Lipinski definition) is 0. The van der Waals surface area contributed by atoms with Gasteiger partial charge in [0.1, 0.15) is 0 Å². The molecular formula is C22H28N2O2. The van der Waals surface area contributed by atoms with Crippen LogP contribution in [0.15, 0.2) is 35.4 Å². The molecule has 4 aliphatic rings. The topological polar surface area (TPSA) is 32.8 Å². The van der Waals surface area contributed by atoms with Gasteiger partial charge in [-0.1, -0.05) is 49.6 Å². The highest BCUT2D eigenvalue weighted by Crippen LogP contribution is 2.64. The van der Waals surface area contributed by atoms with Crippen molar-refractivity contribution in [3.8, 4) is 0 Å². The number of piperidine rings is 1. The smallest absolute Gasteiger partial charge is 0.262 e. The number of hydroxylamine groups is 1. The summed E-state index contributed by atoms with van der Waals surface area (Å²) in [5.74, 6) is 0.110. The highest BCUT2D eigenvalue weighted by molar-refractivity contribution is 6.08. The lowest BCUT2D eigenvalue weighted by Gasteiger charge is -2.43. The molecule has 0 aromatic heterocycles. The first-order valence-corrected chi connectivity index (χ1v) is 9.94. The Hall–Kier alpha value is -1.65. The van der Waals surface area contributed by atoms with Gasteiger partial charge in [0.05, 0.1) is 18.2 Å². The molecule has 26 heavy (non-hydrogen) atoms. The standard InChI is InChI=1S/C22H28N2O2/c1-21(2)18-12-16-8-6-7-11-23(16)14-15(18)13-22(21)17-9-4-5-10-19(17)24(26-3)20(22)25/h4-5,9-10,16H,6-8,11-14H2,1-3H3. The van der Waals surface area contributed by atoms with Crippen LogP contribution in [-0.4, -0.2) is 37.0 Å². The van der Waals surface area contributed by atoms with Gasteiger partial charge in [0.15, 0.2) is 0 Å². The van der Waals surface area contributed by atoms with Crippen molar-refractivity contribution < 1.29 is 9.63 Å². The highest BCUT2D eigenvalue weighted by Gasteiger charge is 2.65. The molecule has 1 aromatic rings. The molecule has 4 nitrogen and oxygen atoms in total. The van der Waals surface area contributed by atoms with Gasteiger partial charge in [-0.25, -0.2) is 0 Å². The van der Waals surface area contributed by atoms with Gasteiger partial charge in [0.2, 0.25) is 0 Å². The molecule has 1 aliphatic carbocycles. The van der Waals surface area contributed by atoms with Crippen LogP contribution in [0.5, 0.6) is 0 Å². The van der Waals surface area contributed by atoms with Crippen LogP contribution in [0.3, 0.4) is 0 Å². The Labute approximate surface area is 155 Å². The summed E-state index contributed by atoms with van der Waals surface area (Å²) in [7, 11) is 1.60. The second kappa shape index (κ2) is 5.43. The van der Waals surface area contributed by atoms with Gasteiger partial charge in [-0.05, 0) is 43.9 Å². The Morgan fingerprint density at radius 3 is 2.81 bits per heavy atom. The van der Waals surface area contributed by atoms with Crippen LogP contribution >= 0.6 is 0 Å². The van der Waals surface area contributed by atoms with E-state index in [1.165, 1.54) is 36.4 Å². The number of amides is 1. The molecule has 0 saturated carbocycles. The fourth-order valence-corrected chi connectivity index (χ4v) is 6.24. The van der Waals surface area contributed by atoms with Crippen LogP contribution in [0, 0.1) is 5.41 Å². The fraction of sp³-hybridized carbons (Fsp3) is 0.591. The minimum Gasteiger partial charge on any atom is -0.296 e. The highest BCUT2D eigenvalue weighted by atomic mass is 16.7. The van der Waals surface area contributed by atoms with E-state index in [4.69, 9.17) is 4.84 Å². The van der Waals surface area contributed by atoms with Crippen LogP contribution in [-0.2, 0) is 15.0 Å². The lowest BCUT2D eigenvalue weighted by atomic mass is 9.61. The predicted octanol–water partition coefficient (Wildman–Crippen LogP) is 3.82. The van der Waals surface area contributed by atoms with Gasteiger partial charge >= 0.3 is 0 Å². The second-order valence-corrected chi connectivity index (χ2v) is 8.91. The maximum atomic E-state index is 13.7. The summed E-state index contributed by atoms with van der Waals surface area (Å²) in [5, 5.41) is 1.53. The zero-order valence-corrected chi connectivity index (χ0v) is 16.0. The van der Waals surface area contributed by atoms with Crippen molar-refractivity contribution in [3.05, 3.63) is 41.0 Å². The van der Waals surface area contributed by atoms with E-state index in [1.54, 1.807) is 12.7 Å². The summed E-state index contributed by atoms with van der Waals surface area (Å²) in [5.41, 5.74) is 4.43. The van der Waals surface area contributed by atoms with Gasteiger partial charge in [-0.3, -0.25) is 14.5 Å². The van der Waals surface area contributed by atoms with E-state index < -0.39 is 5.41 Å². The van der Waals surface area contributed by atoms with E-state index in [1.807, 2.05) is 12.1 Å². The summed E-state index contributed by atoms with van der Waals surface area (Å²) in [6.07, 6.45) is 5.93. The Morgan fingerprint density at radius 1 is 1.19 bits per heavy atom. The summed E-state index contributed by atoms with van der Waals surface area (Å²) in [4.78, 5) is 21.8. The third-order valence-electron chi connectivity index (χ3n) is 7.62. The Bertz CT molecular complexity index is 812. The van der Waals surface area contributed by atoms with Crippen LogP contribution < -0.4 is 5.06 Å². The van der Waals surface area contributed by atoms with E-state index in [9.17, 15) is 4.79 Å². The van der Waals surface area contributed by atoms with Gasteiger partial charge in [0, 0.05) is 18.0 Å². The third kappa shape index (κ3) is 1.84. The number of rotatable bonds is 1. The number of nitrogens with zero attached hydrogens (tertiary/aromatic N) is 2. The van der Waals surface area contributed by atoms with Crippen molar-refractivity contribution >= 4 is 11.6 Å². The number of anilines is 1. The van der Waals surface area contributed by atoms with Crippen molar-refractivity contribution in [2.45, 2.75) is 57.4 Å². The van der Waals surface area contributed by atoms with Crippen molar-refractivity contribution in [3.63, 3.8) is 0 Å². The maximum Gasteiger partial charge on any atom is 0.262 e. The Balaban J connectivity index is 1.63. The molecule has 0 bridgehead atoms. The van der Waals surface area contributed by atoms with Gasteiger partial charge < -0.3 is 0 Å². The molecule has 3 heterocycles. The van der Waals surface area contributed by atoms with Crippen molar-refractivity contribution in [1.29, 1.82) is 0 Å². The third-order valence-corrected chi connectivity index (χ3v) is 7.62. The van der Waals surface area contributed by atoms with Gasteiger partial charge in [-0.15, -0.1) is 0 Å². The van der Waals surface area contributed by atoms with Gasteiger partial charge in [-0.2, -0.15) is 5.06 Å². The Morgan fingerprint density at radius 2 is 2.00 bits per heavy atom. The van der Waals surface area contributed by atoms with Crippen LogP contribution in [0.2, 0.25) is 0 Å². The molecule has 138 valence electrons. The largest absolute Gasteiger partial charge is 0.296 e. The first-order valence-electron chi connectivity index (χ1n) is 9.94. The number of benzene rings is 1. The SMILES string of the molecule is CON1C(=O)C2(CC3=C(CC4CCCCN4C3)C2(C)C)c2ccccc21. The number of hydrogen-bond acceptors (Lipinski definition) is 3. The van der Waals surface area contributed by atoms with E-state index in [2.05, 4.69) is 30.9 Å². The number of para-hydroxylation sites is 1. The average Bonchev–Trinajstić information content (AvgIpc) is 3.03. The molecular weight excluding hydrogens is 324 g/mol. The molecule has 0 radical (unpaired) electrons. The number of fused-ring (bicyclic) bond motifs is 3. The second-order valence-electron chi connectivity index (χ2n) is 8.91. The minimum absolute atomic E-state index is 0.110. The molecule has 2 unspecified atom stereocenters. The van der Waals surface area contributed by atoms with Crippen LogP contribution in [0.25, 0.3) is 0 Å². The monoisotopic (exact) mass is 352 g/mol. The quantitative estimate of drug-likeness (QED) is 0.721. The molecule has 2 atom stereocenters. The first kappa shape index (κ1) is 16.5. The van der Waals surface area contributed by atoms with Crippen LogP contribution in [0.1, 0.15) is 51.5 Å². The van der Waals surface area contributed by atoms with Crippen molar-refractivity contribution in [2.24, 2.45) is 5.41 Å². The number of carbonyl (C=O) groups excluding carboxylic acids is 1. The molecule has 1 spiro atoms. The molecule has 4 heteroatoms. The average molecular weight is 352 g/mol. The minimum atomic E-state index is -0.515. The summed E-state index contributed by atoms with van der Waals surface area (Å²) < 4.78 is 0. The van der Waals surface area contributed by atoms with Crippen LogP contribution in [0.4, 0.5) is 5.69 Å². The van der Waals surface area contributed by atoms with Crippen molar-refractivity contribution in [1.82, 2.24) is 4.90 Å². The lowest BCUT2D eigenvalue weighted by Crippen LogP contribution is -2.48. The predicted molar refractivity (Wildman–Crippen MR) is 102 cm³/mol. The molecule has 0 N–H and O–H groups in total. The molecule has 1 saturated heterocycles. The summed E-state index contributed by atoms with van der Waals surface area (Å²) >= 11 is 0. The fourth-order valence-electron chi connectivity index (χ4n) is 6.24. The molecule has 5 rings (SSSR count). The molecule has 3 aliphatic heterocycles.